The Kier molecular flexibility index (Phi) is 8.77. The summed E-state index contributed by atoms with van der Waals surface area (Å²) in [5.41, 5.74) is 0.165. The van der Waals surface area contributed by atoms with E-state index >= 15 is 0 Å². The highest BCUT2D eigenvalue weighted by Gasteiger charge is 2.40. The van der Waals surface area contributed by atoms with Gasteiger partial charge in [-0.15, -0.1) is 5.10 Å². The minimum atomic E-state index is -4.74. The standard InChI is InChI=1S/C28H26Cl2N6O7S/c1-15-12-18(29)13-19(27(37)32-16(2)17-9-10-17)25(15)33-28(38)22-14-24(34-35(22)26-20(30)6-5-11-31-26)43-44(41,42)23-8-4-3-7-21(23)36(39)40/h3-8,11-13,16-17,22H,9-10,14H2,1-2H3,(H,32,37)(H,33,38). The van der Waals surface area contributed by atoms with Crippen molar-refractivity contribution >= 4 is 68.2 Å². The van der Waals surface area contributed by atoms with Crippen LogP contribution in [0.25, 0.3) is 0 Å². The SMILES string of the molecule is Cc1cc(Cl)cc(C(=O)NC(C)C2CC2)c1NC(=O)C1CC(OS(=O)(=O)c2ccccc2[N+](=O)[O-])=NN1c1ncccc1Cl. The molecule has 3 aromatic rings. The van der Waals surface area contributed by atoms with Gasteiger partial charge in [-0.3, -0.25) is 19.7 Å². The van der Waals surface area contributed by atoms with Crippen molar-refractivity contribution in [2.45, 2.75) is 50.1 Å². The molecule has 2 unspecified atom stereocenters. The molecule has 0 bridgehead atoms. The van der Waals surface area contributed by atoms with Gasteiger partial charge in [0.15, 0.2) is 10.7 Å². The summed E-state index contributed by atoms with van der Waals surface area (Å²) in [6.07, 6.45) is 3.06. The number of aromatic nitrogens is 1. The Labute approximate surface area is 262 Å². The van der Waals surface area contributed by atoms with E-state index in [1.54, 1.807) is 19.1 Å². The van der Waals surface area contributed by atoms with Crippen LogP contribution in [-0.4, -0.2) is 48.1 Å². The molecule has 1 saturated carbocycles. The van der Waals surface area contributed by atoms with E-state index in [4.69, 9.17) is 27.4 Å². The van der Waals surface area contributed by atoms with Gasteiger partial charge in [-0.2, -0.15) is 8.42 Å². The van der Waals surface area contributed by atoms with Crippen molar-refractivity contribution in [3.05, 3.63) is 86.0 Å². The summed E-state index contributed by atoms with van der Waals surface area (Å²) < 4.78 is 31.4. The molecule has 13 nitrogen and oxygen atoms in total. The zero-order chi connectivity index (χ0) is 31.8. The first-order chi connectivity index (χ1) is 20.9. The first-order valence-corrected chi connectivity index (χ1v) is 15.6. The van der Waals surface area contributed by atoms with Crippen LogP contribution in [0.15, 0.2) is 64.7 Å². The Morgan fingerprint density at radius 2 is 1.89 bits per heavy atom. The van der Waals surface area contributed by atoms with Crippen LogP contribution in [0.2, 0.25) is 10.0 Å². The molecule has 1 aromatic heterocycles. The molecular formula is C28H26Cl2N6O7S. The number of aryl methyl sites for hydroxylation is 1. The lowest BCUT2D eigenvalue weighted by atomic mass is 10.1. The van der Waals surface area contributed by atoms with Crippen LogP contribution < -0.4 is 15.6 Å². The number of hydrogen-bond donors (Lipinski definition) is 2. The molecule has 44 heavy (non-hydrogen) atoms. The molecule has 230 valence electrons. The number of halogens is 2. The number of hydrogen-bond acceptors (Lipinski definition) is 10. The van der Waals surface area contributed by atoms with Crippen LogP contribution in [0, 0.1) is 23.0 Å². The Bertz CT molecular complexity index is 1800. The van der Waals surface area contributed by atoms with Gasteiger partial charge in [0.1, 0.15) is 6.04 Å². The van der Waals surface area contributed by atoms with Gasteiger partial charge in [0, 0.05) is 23.3 Å². The number of pyridine rings is 1. The lowest BCUT2D eigenvalue weighted by Crippen LogP contribution is -2.40. The van der Waals surface area contributed by atoms with Gasteiger partial charge >= 0.3 is 10.1 Å². The topological polar surface area (TPSA) is 173 Å². The van der Waals surface area contributed by atoms with Gasteiger partial charge in [0.25, 0.3) is 11.6 Å². The van der Waals surface area contributed by atoms with E-state index in [1.165, 1.54) is 30.5 Å². The zero-order valence-electron chi connectivity index (χ0n) is 23.4. The summed E-state index contributed by atoms with van der Waals surface area (Å²) in [6, 6.07) is 9.46. The third-order valence-electron chi connectivity index (χ3n) is 7.16. The average Bonchev–Trinajstić information content (AvgIpc) is 3.75. The molecule has 1 fully saturated rings. The summed E-state index contributed by atoms with van der Waals surface area (Å²) in [5.74, 6) is -1.13. The largest absolute Gasteiger partial charge is 0.361 e. The molecular weight excluding hydrogens is 635 g/mol. The number of nitrogens with zero attached hydrogens (tertiary/aromatic N) is 4. The molecule has 0 saturated heterocycles. The van der Waals surface area contributed by atoms with E-state index in [2.05, 4.69) is 20.7 Å². The molecule has 2 atom stereocenters. The summed E-state index contributed by atoms with van der Waals surface area (Å²) >= 11 is 12.6. The van der Waals surface area contributed by atoms with E-state index < -0.39 is 49.4 Å². The van der Waals surface area contributed by atoms with Crippen molar-refractivity contribution in [2.24, 2.45) is 11.0 Å². The Morgan fingerprint density at radius 1 is 1.16 bits per heavy atom. The number of hydrazone groups is 1. The third kappa shape index (κ3) is 6.61. The maximum Gasteiger partial charge on any atom is 0.347 e. The second-order valence-corrected chi connectivity index (χ2v) is 12.7. The second-order valence-electron chi connectivity index (χ2n) is 10.4. The molecule has 16 heteroatoms. The van der Waals surface area contributed by atoms with E-state index in [-0.39, 0.29) is 34.6 Å². The molecule has 2 aromatic carbocycles. The quantitative estimate of drug-likeness (QED) is 0.180. The van der Waals surface area contributed by atoms with Crippen LogP contribution in [0.4, 0.5) is 17.2 Å². The highest BCUT2D eigenvalue weighted by molar-refractivity contribution is 7.87. The maximum atomic E-state index is 13.8. The van der Waals surface area contributed by atoms with Crippen molar-refractivity contribution < 1.29 is 27.1 Å². The summed E-state index contributed by atoms with van der Waals surface area (Å²) in [4.78, 5) is 41.2. The van der Waals surface area contributed by atoms with Crippen molar-refractivity contribution in [1.82, 2.24) is 10.3 Å². The number of para-hydroxylation sites is 1. The van der Waals surface area contributed by atoms with Crippen LogP contribution >= 0.6 is 23.2 Å². The number of carbonyl (C=O) groups excluding carboxylic acids is 2. The number of anilines is 2. The number of carbonyl (C=O) groups is 2. The molecule has 0 radical (unpaired) electrons. The predicted octanol–water partition coefficient (Wildman–Crippen LogP) is 5.07. The number of amides is 2. The van der Waals surface area contributed by atoms with E-state index in [9.17, 15) is 28.1 Å². The smallest absolute Gasteiger partial charge is 0.347 e. The number of nitro groups is 1. The van der Waals surface area contributed by atoms with Crippen molar-refractivity contribution in [1.29, 1.82) is 0 Å². The van der Waals surface area contributed by atoms with Crippen molar-refractivity contribution in [2.75, 3.05) is 10.3 Å². The number of nitro benzene ring substituents is 1. The van der Waals surface area contributed by atoms with Crippen LogP contribution in [0.5, 0.6) is 0 Å². The first kappa shape index (κ1) is 31.2. The van der Waals surface area contributed by atoms with E-state index in [0.29, 0.717) is 16.5 Å². The fraction of sp³-hybridized carbons (Fsp3) is 0.286. The Morgan fingerprint density at radius 3 is 2.57 bits per heavy atom. The van der Waals surface area contributed by atoms with Crippen LogP contribution in [0.3, 0.4) is 0 Å². The molecule has 2 heterocycles. The van der Waals surface area contributed by atoms with Gasteiger partial charge in [-0.1, -0.05) is 35.3 Å². The van der Waals surface area contributed by atoms with Gasteiger partial charge < -0.3 is 14.8 Å². The Balaban J connectivity index is 1.46. The van der Waals surface area contributed by atoms with E-state index in [0.717, 1.165) is 30.0 Å². The van der Waals surface area contributed by atoms with Crippen molar-refractivity contribution in [3.8, 4) is 0 Å². The Hall–Kier alpha value is -4.27. The molecule has 2 N–H and O–H groups in total. The first-order valence-electron chi connectivity index (χ1n) is 13.4. The van der Waals surface area contributed by atoms with Gasteiger partial charge in [0.2, 0.25) is 11.8 Å². The summed E-state index contributed by atoms with van der Waals surface area (Å²) in [6.45, 7) is 3.59. The monoisotopic (exact) mass is 660 g/mol. The van der Waals surface area contributed by atoms with Crippen molar-refractivity contribution in [3.63, 3.8) is 0 Å². The second kappa shape index (κ2) is 12.4. The van der Waals surface area contributed by atoms with Crippen LogP contribution in [-0.2, 0) is 19.1 Å². The third-order valence-corrected chi connectivity index (χ3v) is 8.97. The number of nitrogens with one attached hydrogen (secondary N) is 2. The molecule has 0 spiro atoms. The fourth-order valence-corrected chi connectivity index (χ4v) is 6.33. The number of benzene rings is 2. The normalized spacial score (nSPS) is 17.0. The molecule has 2 amide bonds. The van der Waals surface area contributed by atoms with Gasteiger partial charge in [-0.25, -0.2) is 9.99 Å². The molecule has 2 aliphatic rings. The molecule has 1 aliphatic heterocycles. The maximum absolute atomic E-state index is 13.8. The lowest BCUT2D eigenvalue weighted by Gasteiger charge is -2.23. The van der Waals surface area contributed by atoms with Gasteiger partial charge in [-0.05, 0) is 68.5 Å². The summed E-state index contributed by atoms with van der Waals surface area (Å²) in [7, 11) is -4.74. The lowest BCUT2D eigenvalue weighted by molar-refractivity contribution is -0.387. The highest BCUT2D eigenvalue weighted by Crippen LogP contribution is 2.35. The average molecular weight is 662 g/mol. The molecule has 1 aliphatic carbocycles. The fourth-order valence-electron chi connectivity index (χ4n) is 4.76. The zero-order valence-corrected chi connectivity index (χ0v) is 25.7. The minimum Gasteiger partial charge on any atom is -0.361 e. The van der Waals surface area contributed by atoms with Gasteiger partial charge in [0.05, 0.1) is 27.6 Å². The minimum absolute atomic E-state index is 0.0278. The summed E-state index contributed by atoms with van der Waals surface area (Å²) in [5, 5.41) is 22.9. The van der Waals surface area contributed by atoms with E-state index in [1.807, 2.05) is 6.92 Å². The highest BCUT2D eigenvalue weighted by atomic mass is 35.5. The predicted molar refractivity (Wildman–Crippen MR) is 163 cm³/mol. The van der Waals surface area contributed by atoms with Crippen LogP contribution in [0.1, 0.15) is 42.1 Å². The molecule has 5 rings (SSSR count). The number of rotatable bonds is 9.